The fourth-order valence-electron chi connectivity index (χ4n) is 3.90. The minimum Gasteiger partial charge on any atom is -0.494 e. The van der Waals surface area contributed by atoms with Gasteiger partial charge in [0.05, 0.1) is 30.9 Å². The second-order valence-electron chi connectivity index (χ2n) is 8.22. The van der Waals surface area contributed by atoms with E-state index in [0.717, 1.165) is 17.5 Å². The number of hydrogen-bond acceptors (Lipinski definition) is 5. The Hall–Kier alpha value is -3.75. The summed E-state index contributed by atoms with van der Waals surface area (Å²) in [7, 11) is -1.93. The second-order valence-corrected chi connectivity index (χ2v) is 10.2. The average molecular weight is 507 g/mol. The van der Waals surface area contributed by atoms with Crippen molar-refractivity contribution in [1.82, 2.24) is 9.78 Å². The number of benzene rings is 3. The molecular formula is C28H27FN2O4S. The standard InChI is InChI=1S/C28H27FN2O4S/c1-4-16-31-25(19-35-18-20-8-6-5-7-9-20)27(22-12-15-26(34-2)24(29)17-22)28(30-31)21-10-13-23(14-11-21)36(3,32)33/h4-17H,18-19H2,1-3H3. The average Bonchev–Trinajstić information content (AvgIpc) is 3.22. The lowest BCUT2D eigenvalue weighted by Crippen LogP contribution is -2.02. The number of aromatic nitrogens is 2. The van der Waals surface area contributed by atoms with E-state index in [-0.39, 0.29) is 17.3 Å². The molecule has 3 aromatic carbocycles. The summed E-state index contributed by atoms with van der Waals surface area (Å²) in [5.41, 5.74) is 4.33. The van der Waals surface area contributed by atoms with Gasteiger partial charge in [0, 0.05) is 23.6 Å². The van der Waals surface area contributed by atoms with E-state index in [1.54, 1.807) is 47.3 Å². The van der Waals surface area contributed by atoms with Gasteiger partial charge in [-0.05, 0) is 42.3 Å². The lowest BCUT2D eigenvalue weighted by atomic mass is 9.98. The fourth-order valence-corrected chi connectivity index (χ4v) is 4.53. The molecule has 1 heterocycles. The fraction of sp³-hybridized carbons (Fsp3) is 0.179. The lowest BCUT2D eigenvalue weighted by Gasteiger charge is -2.11. The van der Waals surface area contributed by atoms with Gasteiger partial charge in [-0.2, -0.15) is 5.10 Å². The number of sulfone groups is 1. The molecule has 0 atom stereocenters. The summed E-state index contributed by atoms with van der Waals surface area (Å²) in [6, 6.07) is 21.1. The van der Waals surface area contributed by atoms with Gasteiger partial charge in [-0.3, -0.25) is 0 Å². The van der Waals surface area contributed by atoms with Crippen LogP contribution in [0.15, 0.2) is 83.8 Å². The third kappa shape index (κ3) is 5.56. The molecule has 4 rings (SSSR count). The summed E-state index contributed by atoms with van der Waals surface area (Å²) in [6.45, 7) is 2.50. The van der Waals surface area contributed by atoms with Crippen molar-refractivity contribution >= 4 is 16.0 Å². The van der Waals surface area contributed by atoms with Crippen molar-refractivity contribution in [3.05, 3.63) is 95.9 Å². The smallest absolute Gasteiger partial charge is 0.175 e. The largest absolute Gasteiger partial charge is 0.494 e. The van der Waals surface area contributed by atoms with Crippen LogP contribution in [0.5, 0.6) is 5.75 Å². The van der Waals surface area contributed by atoms with Crippen molar-refractivity contribution in [2.75, 3.05) is 13.4 Å². The van der Waals surface area contributed by atoms with Crippen LogP contribution < -0.4 is 4.74 Å². The van der Waals surface area contributed by atoms with Gasteiger partial charge in [-0.15, -0.1) is 0 Å². The number of rotatable bonds is 9. The zero-order valence-corrected chi connectivity index (χ0v) is 21.1. The van der Waals surface area contributed by atoms with Crippen LogP contribution in [0.3, 0.4) is 0 Å². The van der Waals surface area contributed by atoms with E-state index in [1.165, 1.54) is 13.2 Å². The summed E-state index contributed by atoms with van der Waals surface area (Å²) < 4.78 is 51.5. The Kier molecular flexibility index (Phi) is 7.67. The van der Waals surface area contributed by atoms with Crippen molar-refractivity contribution in [2.45, 2.75) is 25.0 Å². The predicted molar refractivity (Wildman–Crippen MR) is 139 cm³/mol. The predicted octanol–water partition coefficient (Wildman–Crippen LogP) is 5.98. The van der Waals surface area contributed by atoms with E-state index in [0.29, 0.717) is 29.0 Å². The van der Waals surface area contributed by atoms with E-state index >= 15 is 0 Å². The Morgan fingerprint density at radius 1 is 0.972 bits per heavy atom. The van der Waals surface area contributed by atoms with Crippen LogP contribution in [0.2, 0.25) is 0 Å². The highest BCUT2D eigenvalue weighted by Crippen LogP contribution is 2.37. The van der Waals surface area contributed by atoms with Gasteiger partial charge >= 0.3 is 0 Å². The number of ether oxygens (including phenoxy) is 2. The molecule has 186 valence electrons. The molecule has 8 heteroatoms. The van der Waals surface area contributed by atoms with E-state index in [1.807, 2.05) is 43.3 Å². The van der Waals surface area contributed by atoms with Gasteiger partial charge in [-0.1, -0.05) is 54.6 Å². The summed E-state index contributed by atoms with van der Waals surface area (Å²) in [6.07, 6.45) is 4.82. The van der Waals surface area contributed by atoms with Crippen LogP contribution in [-0.2, 0) is 27.8 Å². The Bertz CT molecular complexity index is 1480. The maximum atomic E-state index is 14.8. The molecule has 0 saturated carbocycles. The Morgan fingerprint density at radius 3 is 2.28 bits per heavy atom. The number of nitrogens with zero attached hydrogens (tertiary/aromatic N) is 2. The number of methoxy groups -OCH3 is 1. The molecule has 4 aromatic rings. The van der Waals surface area contributed by atoms with E-state index in [4.69, 9.17) is 14.6 Å². The summed E-state index contributed by atoms with van der Waals surface area (Å²) in [5.74, 6) is -0.358. The van der Waals surface area contributed by atoms with Crippen molar-refractivity contribution in [3.8, 4) is 28.1 Å². The minimum absolute atomic E-state index is 0.139. The molecule has 0 amide bonds. The summed E-state index contributed by atoms with van der Waals surface area (Å²) in [5, 5.41) is 4.78. The van der Waals surface area contributed by atoms with Gasteiger partial charge < -0.3 is 9.47 Å². The molecule has 36 heavy (non-hydrogen) atoms. The molecule has 0 aliphatic heterocycles. The molecule has 0 aliphatic carbocycles. The number of allylic oxidation sites excluding steroid dienone is 1. The van der Waals surface area contributed by atoms with E-state index < -0.39 is 15.7 Å². The molecule has 0 fully saturated rings. The SMILES string of the molecule is CC=Cn1nc(-c2ccc(S(C)(=O)=O)cc2)c(-c2ccc(OC)c(F)c2)c1COCc1ccccc1. The molecule has 0 bridgehead atoms. The first kappa shape index (κ1) is 25.3. The van der Waals surface area contributed by atoms with Crippen molar-refractivity contribution in [3.63, 3.8) is 0 Å². The molecule has 0 saturated heterocycles. The highest BCUT2D eigenvalue weighted by atomic mass is 32.2. The molecule has 0 unspecified atom stereocenters. The van der Waals surface area contributed by atoms with Crippen LogP contribution in [0.4, 0.5) is 4.39 Å². The van der Waals surface area contributed by atoms with Gasteiger partial charge in [0.15, 0.2) is 21.4 Å². The maximum Gasteiger partial charge on any atom is 0.175 e. The van der Waals surface area contributed by atoms with Crippen molar-refractivity contribution < 1.29 is 22.3 Å². The maximum absolute atomic E-state index is 14.8. The van der Waals surface area contributed by atoms with Crippen LogP contribution in [-0.4, -0.2) is 31.6 Å². The number of halogens is 1. The molecule has 0 radical (unpaired) electrons. The van der Waals surface area contributed by atoms with E-state index in [9.17, 15) is 12.8 Å². The zero-order valence-electron chi connectivity index (χ0n) is 20.3. The molecule has 1 aromatic heterocycles. The topological polar surface area (TPSA) is 70.4 Å². The monoisotopic (exact) mass is 506 g/mol. The first-order chi connectivity index (χ1) is 17.3. The normalized spacial score (nSPS) is 11.8. The molecular weight excluding hydrogens is 479 g/mol. The first-order valence-corrected chi connectivity index (χ1v) is 13.2. The molecule has 0 spiro atoms. The van der Waals surface area contributed by atoms with E-state index in [2.05, 4.69) is 0 Å². The third-order valence-corrected chi connectivity index (χ3v) is 6.78. The Labute approximate surface area is 210 Å². The third-order valence-electron chi connectivity index (χ3n) is 5.65. The van der Waals surface area contributed by atoms with Gasteiger partial charge in [0.25, 0.3) is 0 Å². The van der Waals surface area contributed by atoms with Crippen LogP contribution in [0.25, 0.3) is 28.6 Å². The molecule has 0 N–H and O–H groups in total. The minimum atomic E-state index is -3.35. The van der Waals surface area contributed by atoms with Gasteiger partial charge in [0.2, 0.25) is 0 Å². The zero-order chi connectivity index (χ0) is 25.7. The van der Waals surface area contributed by atoms with Crippen molar-refractivity contribution in [2.24, 2.45) is 0 Å². The second kappa shape index (κ2) is 10.9. The number of hydrogen-bond donors (Lipinski definition) is 0. The van der Waals surface area contributed by atoms with Crippen LogP contribution >= 0.6 is 0 Å². The molecule has 6 nitrogen and oxygen atoms in total. The van der Waals surface area contributed by atoms with Crippen LogP contribution in [0, 0.1) is 5.82 Å². The Balaban J connectivity index is 1.83. The lowest BCUT2D eigenvalue weighted by molar-refractivity contribution is 0.103. The highest BCUT2D eigenvalue weighted by Gasteiger charge is 2.22. The van der Waals surface area contributed by atoms with Gasteiger partial charge in [0.1, 0.15) is 5.69 Å². The molecule has 0 aliphatic rings. The highest BCUT2D eigenvalue weighted by molar-refractivity contribution is 7.90. The quantitative estimate of drug-likeness (QED) is 0.279. The van der Waals surface area contributed by atoms with Crippen molar-refractivity contribution in [1.29, 1.82) is 0 Å². The van der Waals surface area contributed by atoms with Crippen LogP contribution in [0.1, 0.15) is 18.2 Å². The summed E-state index contributed by atoms with van der Waals surface area (Å²) >= 11 is 0. The Morgan fingerprint density at radius 2 is 1.67 bits per heavy atom. The first-order valence-electron chi connectivity index (χ1n) is 11.3. The van der Waals surface area contributed by atoms with Gasteiger partial charge in [-0.25, -0.2) is 17.5 Å². The summed E-state index contributed by atoms with van der Waals surface area (Å²) in [4.78, 5) is 0.211.